The predicted molar refractivity (Wildman–Crippen MR) is 92.9 cm³/mol. The lowest BCUT2D eigenvalue weighted by atomic mass is 10.1. The van der Waals surface area contributed by atoms with Crippen LogP contribution in [0, 0.1) is 6.92 Å². The van der Waals surface area contributed by atoms with Gasteiger partial charge in [0.15, 0.2) is 11.5 Å². The Labute approximate surface area is 143 Å². The fourth-order valence-corrected chi connectivity index (χ4v) is 2.83. The number of aryl methyl sites for hydroxylation is 1. The van der Waals surface area contributed by atoms with E-state index in [-0.39, 0.29) is 5.91 Å². The van der Waals surface area contributed by atoms with E-state index in [1.807, 2.05) is 25.1 Å². The molecule has 1 amide bonds. The number of benzene rings is 2. The number of carbonyl (C=O) groups is 1. The molecule has 0 aliphatic carbocycles. The number of anilines is 1. The Morgan fingerprint density at radius 1 is 0.957 bits per heavy atom. The molecule has 1 N–H and O–H groups in total. The van der Waals surface area contributed by atoms with Crippen molar-refractivity contribution in [1.29, 1.82) is 0 Å². The van der Waals surface area contributed by atoms with Crippen LogP contribution in [0.3, 0.4) is 0 Å². The summed E-state index contributed by atoms with van der Waals surface area (Å²) in [5, 5.41) is 2.86. The van der Waals surface area contributed by atoms with Crippen LogP contribution in [0.1, 0.15) is 15.9 Å². The number of halogens is 1. The molecule has 122 valence electrons. The Hall–Kier alpha value is -2.21. The number of ether oxygens (including phenoxy) is 3. The highest BCUT2D eigenvalue weighted by Crippen LogP contribution is 2.38. The van der Waals surface area contributed by atoms with E-state index in [9.17, 15) is 4.79 Å². The van der Waals surface area contributed by atoms with Gasteiger partial charge in [0.25, 0.3) is 5.91 Å². The Kier molecular flexibility index (Phi) is 5.50. The molecule has 0 aromatic heterocycles. The van der Waals surface area contributed by atoms with Crippen LogP contribution in [0.4, 0.5) is 5.69 Å². The van der Waals surface area contributed by atoms with Crippen LogP contribution >= 0.6 is 15.9 Å². The second-order valence-electron chi connectivity index (χ2n) is 4.89. The smallest absolute Gasteiger partial charge is 0.255 e. The third-order valence-electron chi connectivity index (χ3n) is 3.23. The molecule has 0 radical (unpaired) electrons. The first-order chi connectivity index (χ1) is 11.0. The van der Waals surface area contributed by atoms with Crippen molar-refractivity contribution < 1.29 is 19.0 Å². The largest absolute Gasteiger partial charge is 0.493 e. The SMILES string of the molecule is COc1cc(C(=O)Nc2cc(C)cc(Br)c2)cc(OC)c1OC. The number of hydrogen-bond acceptors (Lipinski definition) is 4. The zero-order chi connectivity index (χ0) is 17.0. The van der Waals surface area contributed by atoms with Gasteiger partial charge in [0.05, 0.1) is 21.3 Å². The summed E-state index contributed by atoms with van der Waals surface area (Å²) in [6, 6.07) is 8.92. The highest BCUT2D eigenvalue weighted by molar-refractivity contribution is 9.10. The molecular formula is C17H18BrNO4. The van der Waals surface area contributed by atoms with E-state index in [0.29, 0.717) is 28.5 Å². The minimum atomic E-state index is -0.262. The van der Waals surface area contributed by atoms with E-state index >= 15 is 0 Å². The van der Waals surface area contributed by atoms with Crippen molar-refractivity contribution in [1.82, 2.24) is 0 Å². The van der Waals surface area contributed by atoms with Crippen molar-refractivity contribution >= 4 is 27.5 Å². The van der Waals surface area contributed by atoms with Gasteiger partial charge in [-0.3, -0.25) is 4.79 Å². The van der Waals surface area contributed by atoms with E-state index in [1.54, 1.807) is 12.1 Å². The van der Waals surface area contributed by atoms with Crippen molar-refractivity contribution in [2.75, 3.05) is 26.6 Å². The molecule has 2 aromatic rings. The van der Waals surface area contributed by atoms with Gasteiger partial charge in [-0.1, -0.05) is 15.9 Å². The topological polar surface area (TPSA) is 56.8 Å². The lowest BCUT2D eigenvalue weighted by Crippen LogP contribution is -2.12. The zero-order valence-corrected chi connectivity index (χ0v) is 15.0. The summed E-state index contributed by atoms with van der Waals surface area (Å²) < 4.78 is 16.7. The van der Waals surface area contributed by atoms with E-state index in [1.165, 1.54) is 21.3 Å². The normalized spacial score (nSPS) is 10.1. The summed E-state index contributed by atoms with van der Waals surface area (Å²) in [5.41, 5.74) is 2.16. The molecular weight excluding hydrogens is 362 g/mol. The molecule has 0 saturated carbocycles. The number of nitrogens with one attached hydrogen (secondary N) is 1. The van der Waals surface area contributed by atoms with E-state index in [0.717, 1.165) is 10.0 Å². The van der Waals surface area contributed by atoms with Crippen molar-refractivity contribution in [3.63, 3.8) is 0 Å². The Morgan fingerprint density at radius 3 is 2.04 bits per heavy atom. The van der Waals surface area contributed by atoms with Gasteiger partial charge in [0.1, 0.15) is 0 Å². The maximum absolute atomic E-state index is 12.5. The summed E-state index contributed by atoms with van der Waals surface area (Å²) in [6.07, 6.45) is 0. The highest BCUT2D eigenvalue weighted by atomic mass is 79.9. The molecule has 0 unspecified atom stereocenters. The first kappa shape index (κ1) is 17.1. The molecule has 0 heterocycles. The molecule has 2 rings (SSSR count). The fraction of sp³-hybridized carbons (Fsp3) is 0.235. The maximum atomic E-state index is 12.5. The Balaban J connectivity index is 2.35. The standard InChI is InChI=1S/C17H18BrNO4/c1-10-5-12(18)9-13(6-10)19-17(20)11-7-14(21-2)16(23-4)15(8-11)22-3/h5-9H,1-4H3,(H,19,20). The van der Waals surface area contributed by atoms with Gasteiger partial charge in [-0.25, -0.2) is 0 Å². The molecule has 0 spiro atoms. The molecule has 0 atom stereocenters. The summed E-state index contributed by atoms with van der Waals surface area (Å²) >= 11 is 3.42. The van der Waals surface area contributed by atoms with Crippen LogP contribution in [0.5, 0.6) is 17.2 Å². The quantitative estimate of drug-likeness (QED) is 0.851. The van der Waals surface area contributed by atoms with Crippen LogP contribution in [-0.4, -0.2) is 27.2 Å². The second kappa shape index (κ2) is 7.37. The van der Waals surface area contributed by atoms with E-state index < -0.39 is 0 Å². The minimum absolute atomic E-state index is 0.262. The van der Waals surface area contributed by atoms with Gasteiger partial charge in [-0.2, -0.15) is 0 Å². The first-order valence-electron chi connectivity index (χ1n) is 6.87. The molecule has 0 aliphatic rings. The van der Waals surface area contributed by atoms with Crippen LogP contribution < -0.4 is 19.5 Å². The van der Waals surface area contributed by atoms with Gasteiger partial charge >= 0.3 is 0 Å². The molecule has 6 heteroatoms. The predicted octanol–water partition coefficient (Wildman–Crippen LogP) is 4.04. The number of hydrogen-bond donors (Lipinski definition) is 1. The van der Waals surface area contributed by atoms with Crippen LogP contribution in [-0.2, 0) is 0 Å². The Bertz CT molecular complexity index is 685. The molecule has 23 heavy (non-hydrogen) atoms. The molecule has 0 bridgehead atoms. The van der Waals surface area contributed by atoms with Gasteiger partial charge in [0, 0.05) is 15.7 Å². The average molecular weight is 380 g/mol. The van der Waals surface area contributed by atoms with Crippen LogP contribution in [0.25, 0.3) is 0 Å². The Morgan fingerprint density at radius 2 is 1.57 bits per heavy atom. The van der Waals surface area contributed by atoms with Gasteiger partial charge < -0.3 is 19.5 Å². The number of carbonyl (C=O) groups excluding carboxylic acids is 1. The van der Waals surface area contributed by atoms with E-state index in [2.05, 4.69) is 21.2 Å². The number of rotatable bonds is 5. The summed E-state index contributed by atoms with van der Waals surface area (Å²) in [5.74, 6) is 1.05. The highest BCUT2D eigenvalue weighted by Gasteiger charge is 2.17. The third kappa shape index (κ3) is 3.96. The first-order valence-corrected chi connectivity index (χ1v) is 7.66. The summed E-state index contributed by atoms with van der Waals surface area (Å²) in [4.78, 5) is 12.5. The van der Waals surface area contributed by atoms with Crippen molar-refractivity contribution in [3.8, 4) is 17.2 Å². The zero-order valence-electron chi connectivity index (χ0n) is 13.4. The average Bonchev–Trinajstić information content (AvgIpc) is 2.52. The lowest BCUT2D eigenvalue weighted by molar-refractivity contribution is 0.102. The molecule has 0 saturated heterocycles. The van der Waals surface area contributed by atoms with Gasteiger partial charge in [-0.05, 0) is 42.8 Å². The molecule has 0 fully saturated rings. The summed E-state index contributed by atoms with van der Waals surface area (Å²) in [6.45, 7) is 1.96. The number of amides is 1. The molecule has 2 aromatic carbocycles. The van der Waals surface area contributed by atoms with Crippen LogP contribution in [0.15, 0.2) is 34.8 Å². The lowest BCUT2D eigenvalue weighted by Gasteiger charge is -2.14. The molecule has 5 nitrogen and oxygen atoms in total. The molecule has 0 aliphatic heterocycles. The van der Waals surface area contributed by atoms with E-state index in [4.69, 9.17) is 14.2 Å². The maximum Gasteiger partial charge on any atom is 0.255 e. The van der Waals surface area contributed by atoms with Crippen molar-refractivity contribution in [2.24, 2.45) is 0 Å². The van der Waals surface area contributed by atoms with Crippen molar-refractivity contribution in [2.45, 2.75) is 6.92 Å². The monoisotopic (exact) mass is 379 g/mol. The van der Waals surface area contributed by atoms with Crippen molar-refractivity contribution in [3.05, 3.63) is 45.9 Å². The van der Waals surface area contributed by atoms with Gasteiger partial charge in [-0.15, -0.1) is 0 Å². The number of methoxy groups -OCH3 is 3. The van der Waals surface area contributed by atoms with Gasteiger partial charge in [0.2, 0.25) is 5.75 Å². The third-order valence-corrected chi connectivity index (χ3v) is 3.68. The van der Waals surface area contributed by atoms with Crippen LogP contribution in [0.2, 0.25) is 0 Å². The second-order valence-corrected chi connectivity index (χ2v) is 5.80. The summed E-state index contributed by atoms with van der Waals surface area (Å²) in [7, 11) is 4.54. The minimum Gasteiger partial charge on any atom is -0.493 e. The fourth-order valence-electron chi connectivity index (χ4n) is 2.22.